The van der Waals surface area contributed by atoms with Crippen molar-refractivity contribution in [3.05, 3.63) is 42.0 Å². The number of fused-ring (bicyclic) bond motifs is 1. The number of nitrogen functional groups attached to an aromatic ring is 1. The fourth-order valence-corrected chi connectivity index (χ4v) is 2.08. The summed E-state index contributed by atoms with van der Waals surface area (Å²) in [4.78, 5) is 0. The summed E-state index contributed by atoms with van der Waals surface area (Å²) in [7, 11) is 0. The van der Waals surface area contributed by atoms with Crippen molar-refractivity contribution in [1.29, 1.82) is 0 Å². The Morgan fingerprint density at radius 3 is 2.42 bits per heavy atom. The molecule has 0 fully saturated rings. The summed E-state index contributed by atoms with van der Waals surface area (Å²) in [6.07, 6.45) is 0. The molecule has 2 aromatic carbocycles. The van der Waals surface area contributed by atoms with Crippen LogP contribution in [0.4, 0.5) is 17.1 Å². The Hall–Kier alpha value is -2.36. The van der Waals surface area contributed by atoms with E-state index in [9.17, 15) is 0 Å². The largest absolute Gasteiger partial charge is 0.486 e. The highest BCUT2D eigenvalue weighted by Gasteiger charge is 2.14. The van der Waals surface area contributed by atoms with E-state index in [1.807, 2.05) is 43.3 Å². The van der Waals surface area contributed by atoms with Gasteiger partial charge in [0.15, 0.2) is 11.5 Å². The van der Waals surface area contributed by atoms with E-state index in [0.717, 1.165) is 34.1 Å². The molecular weight excluding hydrogens is 240 g/mol. The van der Waals surface area contributed by atoms with Crippen molar-refractivity contribution in [1.82, 2.24) is 0 Å². The predicted octanol–water partition coefficient (Wildman–Crippen LogP) is 3.09. The molecule has 19 heavy (non-hydrogen) atoms. The van der Waals surface area contributed by atoms with Gasteiger partial charge in [-0.3, -0.25) is 0 Å². The van der Waals surface area contributed by atoms with Crippen LogP contribution in [0.2, 0.25) is 0 Å². The highest BCUT2D eigenvalue weighted by atomic mass is 16.6. The zero-order chi connectivity index (χ0) is 13.2. The van der Waals surface area contributed by atoms with Gasteiger partial charge in [-0.2, -0.15) is 0 Å². The van der Waals surface area contributed by atoms with Crippen LogP contribution in [-0.2, 0) is 0 Å². The van der Waals surface area contributed by atoms with Gasteiger partial charge in [0.1, 0.15) is 13.2 Å². The van der Waals surface area contributed by atoms with Crippen molar-refractivity contribution in [2.45, 2.75) is 6.92 Å². The number of para-hydroxylation sites is 2. The van der Waals surface area contributed by atoms with E-state index in [0.29, 0.717) is 13.2 Å². The Balaban J connectivity index is 1.95. The molecule has 0 saturated carbocycles. The van der Waals surface area contributed by atoms with Gasteiger partial charge in [0.25, 0.3) is 0 Å². The quantitative estimate of drug-likeness (QED) is 0.811. The second kappa shape index (κ2) is 4.72. The number of hydrogen-bond donors (Lipinski definition) is 2. The van der Waals surface area contributed by atoms with Gasteiger partial charge in [0.05, 0.1) is 11.4 Å². The van der Waals surface area contributed by atoms with Gasteiger partial charge in [-0.15, -0.1) is 0 Å². The molecule has 0 aliphatic carbocycles. The molecule has 1 heterocycles. The Morgan fingerprint density at radius 1 is 1.00 bits per heavy atom. The summed E-state index contributed by atoms with van der Waals surface area (Å²) in [6, 6.07) is 11.6. The fraction of sp³-hybridized carbons (Fsp3) is 0.200. The second-order valence-electron chi connectivity index (χ2n) is 4.52. The van der Waals surface area contributed by atoms with E-state index < -0.39 is 0 Å². The Morgan fingerprint density at radius 2 is 1.68 bits per heavy atom. The third kappa shape index (κ3) is 2.29. The zero-order valence-corrected chi connectivity index (χ0v) is 10.8. The first-order valence-electron chi connectivity index (χ1n) is 6.26. The first-order chi connectivity index (χ1) is 9.24. The number of rotatable bonds is 2. The molecule has 0 aromatic heterocycles. The van der Waals surface area contributed by atoms with Crippen LogP contribution < -0.4 is 20.5 Å². The predicted molar refractivity (Wildman–Crippen MR) is 76.3 cm³/mol. The number of nitrogens with two attached hydrogens (primary N) is 1. The zero-order valence-electron chi connectivity index (χ0n) is 10.8. The van der Waals surface area contributed by atoms with Crippen LogP contribution in [0.5, 0.6) is 11.5 Å². The van der Waals surface area contributed by atoms with Crippen molar-refractivity contribution in [2.24, 2.45) is 0 Å². The van der Waals surface area contributed by atoms with Crippen LogP contribution in [0.25, 0.3) is 0 Å². The van der Waals surface area contributed by atoms with Crippen molar-refractivity contribution >= 4 is 17.1 Å². The van der Waals surface area contributed by atoms with Gasteiger partial charge in [-0.1, -0.05) is 12.1 Å². The Labute approximate surface area is 112 Å². The lowest BCUT2D eigenvalue weighted by Crippen LogP contribution is -2.15. The first kappa shape index (κ1) is 11.7. The summed E-state index contributed by atoms with van der Waals surface area (Å²) in [5, 5.41) is 3.33. The molecule has 1 aliphatic rings. The molecule has 0 unspecified atom stereocenters. The van der Waals surface area contributed by atoms with Gasteiger partial charge < -0.3 is 20.5 Å². The minimum absolute atomic E-state index is 0.586. The van der Waals surface area contributed by atoms with Crippen molar-refractivity contribution < 1.29 is 9.47 Å². The van der Waals surface area contributed by atoms with Crippen LogP contribution in [0.3, 0.4) is 0 Å². The van der Waals surface area contributed by atoms with Gasteiger partial charge in [-0.05, 0) is 30.7 Å². The molecular formula is C15H16N2O2. The number of ether oxygens (including phenoxy) is 2. The van der Waals surface area contributed by atoms with Gasteiger partial charge in [0.2, 0.25) is 0 Å². The lowest BCUT2D eigenvalue weighted by molar-refractivity contribution is 0.171. The number of benzene rings is 2. The van der Waals surface area contributed by atoms with Gasteiger partial charge >= 0.3 is 0 Å². The normalized spacial score (nSPS) is 13.1. The molecule has 3 N–H and O–H groups in total. The van der Waals surface area contributed by atoms with Crippen molar-refractivity contribution in [3.8, 4) is 11.5 Å². The van der Waals surface area contributed by atoms with E-state index in [1.54, 1.807) is 0 Å². The lowest BCUT2D eigenvalue weighted by Gasteiger charge is -2.21. The highest BCUT2D eigenvalue weighted by molar-refractivity contribution is 5.75. The maximum Gasteiger partial charge on any atom is 0.163 e. The van der Waals surface area contributed by atoms with Crippen LogP contribution in [0, 0.1) is 6.92 Å². The van der Waals surface area contributed by atoms with E-state index in [1.165, 1.54) is 0 Å². The van der Waals surface area contributed by atoms with Gasteiger partial charge in [0, 0.05) is 11.8 Å². The molecule has 4 nitrogen and oxygen atoms in total. The summed E-state index contributed by atoms with van der Waals surface area (Å²) in [5.74, 6) is 1.57. The Bertz CT molecular complexity index is 611. The van der Waals surface area contributed by atoms with E-state index >= 15 is 0 Å². The minimum Gasteiger partial charge on any atom is -0.486 e. The molecule has 0 bridgehead atoms. The van der Waals surface area contributed by atoms with E-state index in [4.69, 9.17) is 15.2 Å². The van der Waals surface area contributed by atoms with Crippen molar-refractivity contribution in [2.75, 3.05) is 24.3 Å². The number of nitrogens with one attached hydrogen (secondary N) is 1. The average Bonchev–Trinajstić information content (AvgIpc) is 2.42. The Kier molecular flexibility index (Phi) is 2.91. The topological polar surface area (TPSA) is 56.5 Å². The standard InChI is InChI=1S/C15H16N2O2/c1-10-8-14-15(19-7-6-18-14)9-13(10)17-12-5-3-2-4-11(12)16/h2-5,8-9,17H,6-7,16H2,1H3. The molecule has 0 radical (unpaired) electrons. The monoisotopic (exact) mass is 256 g/mol. The summed E-state index contributed by atoms with van der Waals surface area (Å²) in [6.45, 7) is 3.22. The molecule has 0 saturated heterocycles. The highest BCUT2D eigenvalue weighted by Crippen LogP contribution is 2.36. The van der Waals surface area contributed by atoms with Gasteiger partial charge in [-0.25, -0.2) is 0 Å². The molecule has 3 rings (SSSR count). The van der Waals surface area contributed by atoms with Crippen LogP contribution >= 0.6 is 0 Å². The lowest BCUT2D eigenvalue weighted by atomic mass is 10.1. The SMILES string of the molecule is Cc1cc2c(cc1Nc1ccccc1N)OCCO2. The smallest absolute Gasteiger partial charge is 0.163 e. The maximum absolute atomic E-state index is 5.94. The number of aryl methyl sites for hydroxylation is 1. The summed E-state index contributed by atoms with van der Waals surface area (Å²) < 4.78 is 11.1. The van der Waals surface area contributed by atoms with Crippen molar-refractivity contribution in [3.63, 3.8) is 0 Å². The molecule has 1 aliphatic heterocycles. The van der Waals surface area contributed by atoms with Crippen LogP contribution in [-0.4, -0.2) is 13.2 Å². The average molecular weight is 256 g/mol. The van der Waals surface area contributed by atoms with Crippen LogP contribution in [0.1, 0.15) is 5.56 Å². The number of hydrogen-bond acceptors (Lipinski definition) is 4. The first-order valence-corrected chi connectivity index (χ1v) is 6.26. The van der Waals surface area contributed by atoms with Crippen LogP contribution in [0.15, 0.2) is 36.4 Å². The molecule has 4 heteroatoms. The fourth-order valence-electron chi connectivity index (χ4n) is 2.08. The third-order valence-corrected chi connectivity index (χ3v) is 3.12. The molecule has 0 amide bonds. The molecule has 0 atom stereocenters. The number of anilines is 3. The van der Waals surface area contributed by atoms with E-state index in [-0.39, 0.29) is 0 Å². The summed E-state index contributed by atoms with van der Waals surface area (Å²) >= 11 is 0. The molecule has 2 aromatic rings. The minimum atomic E-state index is 0.586. The maximum atomic E-state index is 5.94. The van der Waals surface area contributed by atoms with E-state index in [2.05, 4.69) is 5.32 Å². The second-order valence-corrected chi connectivity index (χ2v) is 4.52. The molecule has 98 valence electrons. The summed E-state index contributed by atoms with van der Waals surface area (Å²) in [5.41, 5.74) is 9.61. The third-order valence-electron chi connectivity index (χ3n) is 3.12. The molecule has 0 spiro atoms.